The van der Waals surface area contributed by atoms with E-state index in [1.807, 2.05) is 19.9 Å². The summed E-state index contributed by atoms with van der Waals surface area (Å²) >= 11 is 4.91. The van der Waals surface area contributed by atoms with Crippen LogP contribution in [0.4, 0.5) is 0 Å². The van der Waals surface area contributed by atoms with E-state index in [1.165, 1.54) is 0 Å². The summed E-state index contributed by atoms with van der Waals surface area (Å²) in [5.41, 5.74) is 7.15. The van der Waals surface area contributed by atoms with E-state index in [1.54, 1.807) is 6.07 Å². The minimum atomic E-state index is 0.347. The highest BCUT2D eigenvalue weighted by atomic mass is 32.1. The van der Waals surface area contributed by atoms with Crippen LogP contribution in [0.1, 0.15) is 18.2 Å². The molecule has 0 saturated carbocycles. The van der Waals surface area contributed by atoms with Crippen LogP contribution in [-0.2, 0) is 4.74 Å². The summed E-state index contributed by atoms with van der Waals surface area (Å²) in [6.45, 7) is 5.52. The van der Waals surface area contributed by atoms with Crippen LogP contribution >= 0.6 is 12.2 Å². The third kappa shape index (κ3) is 4.12. The molecule has 0 amide bonds. The van der Waals surface area contributed by atoms with Crippen LogP contribution in [0.15, 0.2) is 12.1 Å². The van der Waals surface area contributed by atoms with Crippen molar-refractivity contribution in [2.45, 2.75) is 13.8 Å². The molecule has 0 bridgehead atoms. The van der Waals surface area contributed by atoms with Gasteiger partial charge >= 0.3 is 0 Å². The van der Waals surface area contributed by atoms with Gasteiger partial charge in [-0.1, -0.05) is 12.2 Å². The minimum absolute atomic E-state index is 0.347. The van der Waals surface area contributed by atoms with Gasteiger partial charge in [0.05, 0.1) is 6.61 Å². The molecule has 4 nitrogen and oxygen atoms in total. The van der Waals surface area contributed by atoms with Crippen LogP contribution in [-0.4, -0.2) is 29.8 Å². The smallest absolute Gasteiger partial charge is 0.214 e. The second kappa shape index (κ2) is 6.40. The molecule has 1 aromatic rings. The third-order valence-electron chi connectivity index (χ3n) is 1.90. The quantitative estimate of drug-likeness (QED) is 0.602. The Morgan fingerprint density at radius 2 is 2.19 bits per heavy atom. The van der Waals surface area contributed by atoms with Crippen molar-refractivity contribution in [3.05, 3.63) is 23.4 Å². The molecule has 88 valence electrons. The molecule has 1 rings (SSSR count). The SMILES string of the molecule is CCOCCOc1cc(C(N)=S)cc(C)n1. The van der Waals surface area contributed by atoms with Gasteiger partial charge in [-0.15, -0.1) is 0 Å². The van der Waals surface area contributed by atoms with E-state index in [2.05, 4.69) is 4.98 Å². The number of nitrogens with two attached hydrogens (primary N) is 1. The maximum absolute atomic E-state index is 5.55. The van der Waals surface area contributed by atoms with Crippen molar-refractivity contribution in [1.82, 2.24) is 4.98 Å². The Balaban J connectivity index is 2.62. The van der Waals surface area contributed by atoms with Gasteiger partial charge in [-0.2, -0.15) is 0 Å². The average molecular weight is 240 g/mol. The zero-order valence-corrected chi connectivity index (χ0v) is 10.3. The normalized spacial score (nSPS) is 10.1. The fraction of sp³-hybridized carbons (Fsp3) is 0.455. The fourth-order valence-corrected chi connectivity index (χ4v) is 1.32. The second-order valence-corrected chi connectivity index (χ2v) is 3.68. The van der Waals surface area contributed by atoms with Gasteiger partial charge in [-0.25, -0.2) is 4.98 Å². The highest BCUT2D eigenvalue weighted by molar-refractivity contribution is 7.80. The van der Waals surface area contributed by atoms with E-state index in [4.69, 9.17) is 27.4 Å². The Kier molecular flexibility index (Phi) is 5.14. The zero-order valence-electron chi connectivity index (χ0n) is 9.53. The summed E-state index contributed by atoms with van der Waals surface area (Å²) in [6, 6.07) is 3.57. The molecule has 0 saturated heterocycles. The maximum atomic E-state index is 5.55. The first-order chi connectivity index (χ1) is 7.63. The number of aromatic nitrogens is 1. The van der Waals surface area contributed by atoms with Crippen LogP contribution in [0.5, 0.6) is 5.88 Å². The number of pyridine rings is 1. The molecule has 0 aliphatic rings. The molecule has 1 heterocycles. The van der Waals surface area contributed by atoms with E-state index >= 15 is 0 Å². The Bertz CT molecular complexity index is 369. The lowest BCUT2D eigenvalue weighted by Crippen LogP contribution is -2.12. The first-order valence-corrected chi connectivity index (χ1v) is 5.53. The Hall–Kier alpha value is -1.20. The number of hydrogen-bond donors (Lipinski definition) is 1. The van der Waals surface area contributed by atoms with Crippen molar-refractivity contribution < 1.29 is 9.47 Å². The van der Waals surface area contributed by atoms with E-state index in [0.29, 0.717) is 30.7 Å². The molecule has 5 heteroatoms. The molecule has 0 spiro atoms. The van der Waals surface area contributed by atoms with Crippen molar-refractivity contribution in [3.63, 3.8) is 0 Å². The summed E-state index contributed by atoms with van der Waals surface area (Å²) in [5.74, 6) is 0.530. The van der Waals surface area contributed by atoms with Gasteiger partial charge in [0.1, 0.15) is 11.6 Å². The maximum Gasteiger partial charge on any atom is 0.214 e. The predicted molar refractivity (Wildman–Crippen MR) is 66.8 cm³/mol. The number of ether oxygens (including phenoxy) is 2. The van der Waals surface area contributed by atoms with Gasteiger partial charge in [-0.3, -0.25) is 0 Å². The lowest BCUT2D eigenvalue weighted by atomic mass is 10.2. The topological polar surface area (TPSA) is 57.4 Å². The van der Waals surface area contributed by atoms with E-state index in [9.17, 15) is 0 Å². The number of nitrogens with zero attached hydrogens (tertiary/aromatic N) is 1. The van der Waals surface area contributed by atoms with Crippen LogP contribution < -0.4 is 10.5 Å². The number of aryl methyl sites for hydroxylation is 1. The van der Waals surface area contributed by atoms with E-state index in [-0.39, 0.29) is 0 Å². The van der Waals surface area contributed by atoms with Crippen molar-refractivity contribution in [3.8, 4) is 5.88 Å². The van der Waals surface area contributed by atoms with Gasteiger partial charge in [0.15, 0.2) is 0 Å². The largest absolute Gasteiger partial charge is 0.475 e. The number of hydrogen-bond acceptors (Lipinski definition) is 4. The van der Waals surface area contributed by atoms with Crippen LogP contribution in [0.3, 0.4) is 0 Å². The molecule has 2 N–H and O–H groups in total. The lowest BCUT2D eigenvalue weighted by molar-refractivity contribution is 0.108. The minimum Gasteiger partial charge on any atom is -0.475 e. The Morgan fingerprint density at radius 1 is 1.44 bits per heavy atom. The summed E-state index contributed by atoms with van der Waals surface area (Å²) in [5, 5.41) is 0. The summed E-state index contributed by atoms with van der Waals surface area (Å²) < 4.78 is 10.6. The monoisotopic (exact) mass is 240 g/mol. The molecule has 0 aliphatic heterocycles. The molecule has 16 heavy (non-hydrogen) atoms. The highest BCUT2D eigenvalue weighted by Crippen LogP contribution is 2.12. The standard InChI is InChI=1S/C11H16N2O2S/c1-3-14-4-5-15-10-7-9(11(12)16)6-8(2)13-10/h6-7H,3-5H2,1-2H3,(H2,12,16). The number of rotatable bonds is 6. The fourth-order valence-electron chi connectivity index (χ4n) is 1.20. The van der Waals surface area contributed by atoms with Crippen LogP contribution in [0.25, 0.3) is 0 Å². The molecule has 0 unspecified atom stereocenters. The molecule has 0 atom stereocenters. The van der Waals surface area contributed by atoms with Gasteiger partial charge in [0.25, 0.3) is 0 Å². The molecule has 1 aromatic heterocycles. The Morgan fingerprint density at radius 3 is 2.81 bits per heavy atom. The van der Waals surface area contributed by atoms with E-state index in [0.717, 1.165) is 11.3 Å². The molecule has 0 aliphatic carbocycles. The predicted octanol–water partition coefficient (Wildman–Crippen LogP) is 1.44. The average Bonchev–Trinajstić information content (AvgIpc) is 2.23. The summed E-state index contributed by atoms with van der Waals surface area (Å²) in [4.78, 5) is 4.57. The second-order valence-electron chi connectivity index (χ2n) is 3.25. The van der Waals surface area contributed by atoms with Gasteiger partial charge < -0.3 is 15.2 Å². The van der Waals surface area contributed by atoms with Gasteiger partial charge in [0.2, 0.25) is 5.88 Å². The first kappa shape index (κ1) is 12.9. The molecule has 0 radical (unpaired) electrons. The lowest BCUT2D eigenvalue weighted by Gasteiger charge is -2.08. The highest BCUT2D eigenvalue weighted by Gasteiger charge is 2.03. The van der Waals surface area contributed by atoms with Crippen LogP contribution in [0.2, 0.25) is 0 Å². The van der Waals surface area contributed by atoms with E-state index < -0.39 is 0 Å². The number of thiocarbonyl (C=S) groups is 1. The Labute approximate surface area is 101 Å². The van der Waals surface area contributed by atoms with Gasteiger partial charge in [-0.05, 0) is 19.9 Å². The molecular weight excluding hydrogens is 224 g/mol. The first-order valence-electron chi connectivity index (χ1n) is 5.12. The van der Waals surface area contributed by atoms with Crippen molar-refractivity contribution in [2.24, 2.45) is 5.73 Å². The molecule has 0 aromatic carbocycles. The third-order valence-corrected chi connectivity index (χ3v) is 2.13. The molecular formula is C11H16N2O2S. The van der Waals surface area contributed by atoms with Crippen LogP contribution in [0, 0.1) is 6.92 Å². The van der Waals surface area contributed by atoms with Crippen molar-refractivity contribution in [2.75, 3.05) is 19.8 Å². The zero-order chi connectivity index (χ0) is 12.0. The summed E-state index contributed by atoms with van der Waals surface area (Å²) in [6.07, 6.45) is 0. The van der Waals surface area contributed by atoms with Crippen molar-refractivity contribution >= 4 is 17.2 Å². The summed E-state index contributed by atoms with van der Waals surface area (Å²) in [7, 11) is 0. The molecule has 0 fully saturated rings. The van der Waals surface area contributed by atoms with Gasteiger partial charge in [0, 0.05) is 23.9 Å². The van der Waals surface area contributed by atoms with Crippen molar-refractivity contribution in [1.29, 1.82) is 0 Å².